The second-order valence-corrected chi connectivity index (χ2v) is 12.1. The molecule has 2 aromatic carbocycles. The number of hydrogen-bond donors (Lipinski definition) is 0. The van der Waals surface area contributed by atoms with Gasteiger partial charge < -0.3 is 4.43 Å². The number of benzene rings is 2. The highest BCUT2D eigenvalue weighted by molar-refractivity contribution is 6.99. The summed E-state index contributed by atoms with van der Waals surface area (Å²) >= 11 is 0. The van der Waals surface area contributed by atoms with Crippen LogP contribution in [-0.4, -0.2) is 14.4 Å². The van der Waals surface area contributed by atoms with Crippen molar-refractivity contribution in [1.29, 1.82) is 0 Å². The molecular formula is C22H28OSi. The first kappa shape index (κ1) is 17.2. The molecule has 2 aromatic rings. The van der Waals surface area contributed by atoms with Gasteiger partial charge in [0, 0.05) is 6.10 Å². The van der Waals surface area contributed by atoms with Crippen LogP contribution in [0.1, 0.15) is 33.6 Å². The maximum absolute atomic E-state index is 7.03. The van der Waals surface area contributed by atoms with E-state index >= 15 is 0 Å². The van der Waals surface area contributed by atoms with Crippen LogP contribution in [0.5, 0.6) is 0 Å². The predicted molar refractivity (Wildman–Crippen MR) is 105 cm³/mol. The van der Waals surface area contributed by atoms with Gasteiger partial charge in [-0.05, 0) is 34.2 Å². The first-order chi connectivity index (χ1) is 11.5. The maximum atomic E-state index is 7.03. The van der Waals surface area contributed by atoms with E-state index in [0.29, 0.717) is 12.0 Å². The van der Waals surface area contributed by atoms with Crippen LogP contribution in [0.25, 0.3) is 0 Å². The Labute approximate surface area is 147 Å². The lowest BCUT2D eigenvalue weighted by Gasteiger charge is -2.48. The second kappa shape index (κ2) is 6.70. The molecule has 126 valence electrons. The Balaban J connectivity index is 2.09. The lowest BCUT2D eigenvalue weighted by molar-refractivity contribution is 0.0768. The van der Waals surface area contributed by atoms with Crippen molar-refractivity contribution < 1.29 is 4.43 Å². The fourth-order valence-electron chi connectivity index (χ4n) is 3.84. The van der Waals surface area contributed by atoms with Crippen LogP contribution in [0, 0.1) is 5.92 Å². The summed E-state index contributed by atoms with van der Waals surface area (Å²) in [6.07, 6.45) is 4.63. The van der Waals surface area contributed by atoms with Gasteiger partial charge >= 0.3 is 0 Å². The van der Waals surface area contributed by atoms with Crippen LogP contribution < -0.4 is 10.4 Å². The van der Waals surface area contributed by atoms with Crippen LogP contribution >= 0.6 is 0 Å². The van der Waals surface area contributed by atoms with E-state index in [4.69, 9.17) is 4.43 Å². The minimum atomic E-state index is -2.36. The molecule has 3 rings (SSSR count). The first-order valence-electron chi connectivity index (χ1n) is 8.89. The topological polar surface area (TPSA) is 9.23 Å². The van der Waals surface area contributed by atoms with E-state index in [9.17, 15) is 0 Å². The van der Waals surface area contributed by atoms with Crippen LogP contribution in [0.2, 0.25) is 5.04 Å². The maximum Gasteiger partial charge on any atom is 0.261 e. The molecule has 0 aliphatic heterocycles. The summed E-state index contributed by atoms with van der Waals surface area (Å²) < 4.78 is 7.03. The van der Waals surface area contributed by atoms with E-state index in [0.717, 1.165) is 12.8 Å². The largest absolute Gasteiger partial charge is 0.404 e. The van der Waals surface area contributed by atoms with Crippen molar-refractivity contribution in [3.8, 4) is 0 Å². The number of hydrogen-bond acceptors (Lipinski definition) is 1. The Morgan fingerprint density at radius 2 is 1.38 bits per heavy atom. The summed E-state index contributed by atoms with van der Waals surface area (Å²) in [6, 6.07) is 21.8. The van der Waals surface area contributed by atoms with Crippen molar-refractivity contribution in [2.45, 2.75) is 44.8 Å². The second-order valence-electron chi connectivity index (χ2n) is 7.87. The van der Waals surface area contributed by atoms with E-state index < -0.39 is 8.32 Å². The minimum absolute atomic E-state index is 0.0645. The average molecular weight is 337 g/mol. The van der Waals surface area contributed by atoms with Crippen molar-refractivity contribution in [3.05, 3.63) is 73.3 Å². The van der Waals surface area contributed by atoms with Gasteiger partial charge in [0.05, 0.1) is 0 Å². The normalized spacial score (nSPS) is 21.1. The minimum Gasteiger partial charge on any atom is -0.404 e. The molecule has 1 aliphatic carbocycles. The van der Waals surface area contributed by atoms with Crippen molar-refractivity contribution >= 4 is 18.7 Å². The summed E-state index contributed by atoms with van der Waals surface area (Å²) in [5.41, 5.74) is 0. The van der Waals surface area contributed by atoms with Gasteiger partial charge in [-0.2, -0.15) is 0 Å². The molecule has 1 aliphatic rings. The number of rotatable bonds is 5. The summed E-state index contributed by atoms with van der Waals surface area (Å²) in [5, 5.41) is 2.80. The molecule has 24 heavy (non-hydrogen) atoms. The van der Waals surface area contributed by atoms with Gasteiger partial charge in [-0.3, -0.25) is 0 Å². The van der Waals surface area contributed by atoms with Crippen LogP contribution in [0.3, 0.4) is 0 Å². The zero-order valence-electron chi connectivity index (χ0n) is 15.0. The number of allylic oxidation sites excluding steroid dienone is 1. The fraction of sp³-hybridized carbons (Fsp3) is 0.364. The molecule has 1 saturated carbocycles. The van der Waals surface area contributed by atoms with E-state index in [1.54, 1.807) is 0 Å². The van der Waals surface area contributed by atoms with Gasteiger partial charge in [0.1, 0.15) is 0 Å². The smallest absolute Gasteiger partial charge is 0.261 e. The predicted octanol–water partition coefficient (Wildman–Crippen LogP) is 4.53. The summed E-state index contributed by atoms with van der Waals surface area (Å²) in [6.45, 7) is 10.9. The molecular weight excluding hydrogens is 308 g/mol. The molecule has 0 heterocycles. The fourth-order valence-corrected chi connectivity index (χ4v) is 8.54. The zero-order chi connectivity index (χ0) is 17.2. The monoisotopic (exact) mass is 336 g/mol. The van der Waals surface area contributed by atoms with E-state index in [1.807, 2.05) is 0 Å². The van der Waals surface area contributed by atoms with Gasteiger partial charge in [0.2, 0.25) is 0 Å². The Kier molecular flexibility index (Phi) is 4.80. The molecule has 0 amide bonds. The highest BCUT2D eigenvalue weighted by atomic mass is 28.4. The van der Waals surface area contributed by atoms with Gasteiger partial charge in [-0.15, -0.1) is 6.58 Å². The van der Waals surface area contributed by atoms with Gasteiger partial charge in [0.15, 0.2) is 0 Å². The molecule has 0 bridgehead atoms. The highest BCUT2D eigenvalue weighted by Crippen LogP contribution is 2.41. The van der Waals surface area contributed by atoms with E-state index in [-0.39, 0.29) is 5.04 Å². The van der Waals surface area contributed by atoms with Gasteiger partial charge in [0.25, 0.3) is 8.32 Å². The molecule has 0 unspecified atom stereocenters. The average Bonchev–Trinajstić information content (AvgIpc) is 2.54. The Morgan fingerprint density at radius 3 is 1.75 bits per heavy atom. The standard InChI is InChI=1S/C22H28OSi/c1-5-18-16-19(17-18)23-24(22(2,3)4,20-12-8-6-9-13-20)21-14-10-7-11-15-21/h5-15,18-19H,1,16-17H2,2-4H3/t18-,19+. The zero-order valence-corrected chi connectivity index (χ0v) is 16.0. The first-order valence-corrected chi connectivity index (χ1v) is 10.8. The molecule has 0 aromatic heterocycles. The van der Waals surface area contributed by atoms with Crippen molar-refractivity contribution in [3.63, 3.8) is 0 Å². The highest BCUT2D eigenvalue weighted by Gasteiger charge is 2.52. The van der Waals surface area contributed by atoms with E-state index in [1.165, 1.54) is 10.4 Å². The molecule has 1 fully saturated rings. The molecule has 2 heteroatoms. The molecule has 0 radical (unpaired) electrons. The van der Waals surface area contributed by atoms with Crippen LogP contribution in [-0.2, 0) is 4.43 Å². The summed E-state index contributed by atoms with van der Waals surface area (Å²) in [7, 11) is -2.36. The van der Waals surface area contributed by atoms with Crippen molar-refractivity contribution in [1.82, 2.24) is 0 Å². The molecule has 0 atom stereocenters. The molecule has 1 nitrogen and oxygen atoms in total. The lowest BCUT2D eigenvalue weighted by Crippen LogP contribution is -2.68. The third-order valence-electron chi connectivity index (χ3n) is 5.22. The molecule has 0 saturated heterocycles. The quantitative estimate of drug-likeness (QED) is 0.576. The van der Waals surface area contributed by atoms with Crippen molar-refractivity contribution in [2.75, 3.05) is 0 Å². The van der Waals surface area contributed by atoms with Gasteiger partial charge in [-0.25, -0.2) is 0 Å². The summed E-state index contributed by atoms with van der Waals surface area (Å²) in [4.78, 5) is 0. The lowest BCUT2D eigenvalue weighted by atomic mass is 9.83. The molecule has 0 spiro atoms. The van der Waals surface area contributed by atoms with Gasteiger partial charge in [-0.1, -0.05) is 87.5 Å². The SMILES string of the molecule is C=C[C@H]1C[C@@H](O[Si](c2ccccc2)(c2ccccc2)C(C)(C)C)C1. The molecule has 0 N–H and O–H groups in total. The third-order valence-corrected chi connectivity index (χ3v) is 10.3. The summed E-state index contributed by atoms with van der Waals surface area (Å²) in [5.74, 6) is 0.619. The Bertz CT molecular complexity index is 627. The van der Waals surface area contributed by atoms with Crippen molar-refractivity contribution in [2.24, 2.45) is 5.92 Å². The third kappa shape index (κ3) is 3.01. The Hall–Kier alpha value is -1.64. The van der Waals surface area contributed by atoms with Crippen LogP contribution in [0.15, 0.2) is 73.3 Å². The van der Waals surface area contributed by atoms with Crippen LogP contribution in [0.4, 0.5) is 0 Å². The van der Waals surface area contributed by atoms with E-state index in [2.05, 4.69) is 94.1 Å². The Morgan fingerprint density at radius 1 is 0.917 bits per heavy atom.